The summed E-state index contributed by atoms with van der Waals surface area (Å²) in [5.41, 5.74) is -5.77. The molecule has 0 heterocycles. The molecular formula is C14H20F3NO6S3. The standard InChI is InChI=1S/C14H20F3NO6S3/c1-2-3-4-11-25-13-7-5-12(6-8-13)23-9-10-24-27(21,22)18-26(19,20)14(15,16)17/h5-8,18H,2-4,9-11H2,1H3. The average Bonchev–Trinajstić information content (AvgIpc) is 2.55. The van der Waals surface area contributed by atoms with Crippen LogP contribution in [0.15, 0.2) is 29.2 Å². The summed E-state index contributed by atoms with van der Waals surface area (Å²) in [4.78, 5) is 1.04. The van der Waals surface area contributed by atoms with Gasteiger partial charge in [-0.3, -0.25) is 4.18 Å². The summed E-state index contributed by atoms with van der Waals surface area (Å²) in [7, 11) is -11.2. The molecule has 156 valence electrons. The normalized spacial score (nSPS) is 12.9. The Kier molecular flexibility index (Phi) is 9.34. The number of benzene rings is 1. The van der Waals surface area contributed by atoms with Crippen LogP contribution in [0.25, 0.3) is 0 Å². The Hall–Kier alpha value is -1.02. The Morgan fingerprint density at radius 3 is 2.22 bits per heavy atom. The topological polar surface area (TPSA) is 98.8 Å². The fraction of sp³-hybridized carbons (Fsp3) is 0.571. The molecule has 0 amide bonds. The van der Waals surface area contributed by atoms with Gasteiger partial charge in [0.15, 0.2) is 0 Å². The van der Waals surface area contributed by atoms with E-state index in [4.69, 9.17) is 4.74 Å². The van der Waals surface area contributed by atoms with Gasteiger partial charge in [-0.2, -0.15) is 21.6 Å². The Bertz CT molecular complexity index is 779. The highest BCUT2D eigenvalue weighted by Crippen LogP contribution is 2.23. The zero-order valence-electron chi connectivity index (χ0n) is 14.4. The van der Waals surface area contributed by atoms with Crippen molar-refractivity contribution in [2.45, 2.75) is 36.6 Å². The van der Waals surface area contributed by atoms with Crippen molar-refractivity contribution in [3.05, 3.63) is 24.3 Å². The van der Waals surface area contributed by atoms with E-state index in [1.54, 1.807) is 23.9 Å². The smallest absolute Gasteiger partial charge is 0.491 e. The molecule has 0 saturated carbocycles. The molecule has 0 radical (unpaired) electrons. The predicted octanol–water partition coefficient (Wildman–Crippen LogP) is 3.05. The van der Waals surface area contributed by atoms with Crippen molar-refractivity contribution in [2.24, 2.45) is 0 Å². The highest BCUT2D eigenvalue weighted by atomic mass is 32.3. The summed E-state index contributed by atoms with van der Waals surface area (Å²) in [5, 5.41) is 0. The highest BCUT2D eigenvalue weighted by Gasteiger charge is 2.48. The first-order chi connectivity index (χ1) is 12.5. The number of thioether (sulfide) groups is 1. The summed E-state index contributed by atoms with van der Waals surface area (Å²) in [6.45, 7) is 1.14. The number of hydrogen-bond donors (Lipinski definition) is 1. The molecule has 0 fully saturated rings. The second-order valence-corrected chi connectivity index (χ2v) is 9.63. The molecule has 1 aromatic carbocycles. The highest BCUT2D eigenvalue weighted by molar-refractivity contribution is 8.03. The van der Waals surface area contributed by atoms with Crippen LogP contribution in [-0.4, -0.2) is 41.3 Å². The molecule has 7 nitrogen and oxygen atoms in total. The first-order valence-corrected chi connectivity index (χ1v) is 11.7. The van der Waals surface area contributed by atoms with Crippen LogP contribution in [0.3, 0.4) is 0 Å². The van der Waals surface area contributed by atoms with E-state index in [0.717, 1.165) is 29.9 Å². The van der Waals surface area contributed by atoms with E-state index in [1.165, 1.54) is 0 Å². The fourth-order valence-electron chi connectivity index (χ4n) is 1.68. The third-order valence-corrected chi connectivity index (χ3v) is 6.83. The molecule has 13 heteroatoms. The molecule has 1 N–H and O–H groups in total. The zero-order valence-corrected chi connectivity index (χ0v) is 16.8. The quantitative estimate of drug-likeness (QED) is 0.385. The van der Waals surface area contributed by atoms with Crippen molar-refractivity contribution in [1.82, 2.24) is 4.13 Å². The molecule has 0 aliphatic heterocycles. The lowest BCUT2D eigenvalue weighted by molar-refractivity contribution is -0.0442. The van der Waals surface area contributed by atoms with E-state index in [-0.39, 0.29) is 6.61 Å². The minimum Gasteiger partial charge on any atom is -0.491 e. The maximum Gasteiger partial charge on any atom is 0.512 e. The summed E-state index contributed by atoms with van der Waals surface area (Å²) >= 11 is 1.69. The molecule has 27 heavy (non-hydrogen) atoms. The summed E-state index contributed by atoms with van der Waals surface area (Å²) in [6.07, 6.45) is 3.42. The molecule has 0 aromatic heterocycles. The van der Waals surface area contributed by atoms with Crippen LogP contribution in [0.5, 0.6) is 5.75 Å². The van der Waals surface area contributed by atoms with Gasteiger partial charge in [-0.05, 0) is 36.4 Å². The van der Waals surface area contributed by atoms with Gasteiger partial charge in [0.2, 0.25) is 0 Å². The van der Waals surface area contributed by atoms with Crippen LogP contribution in [0.4, 0.5) is 13.2 Å². The Balaban J connectivity index is 2.39. The monoisotopic (exact) mass is 451 g/mol. The molecule has 1 aromatic rings. The SMILES string of the molecule is CCCCCSc1ccc(OCCOS(=O)(=O)NS(=O)(=O)C(F)(F)F)cc1. The van der Waals surface area contributed by atoms with Gasteiger partial charge in [0.1, 0.15) is 19.0 Å². The van der Waals surface area contributed by atoms with Crippen molar-refractivity contribution in [3.8, 4) is 5.75 Å². The summed E-state index contributed by atoms with van der Waals surface area (Å²) in [6, 6.07) is 6.95. The molecule has 0 aliphatic carbocycles. The number of unbranched alkanes of at least 4 members (excludes halogenated alkanes) is 2. The number of ether oxygens (including phenoxy) is 1. The number of halogens is 3. The van der Waals surface area contributed by atoms with Crippen LogP contribution in [-0.2, 0) is 24.5 Å². The first kappa shape index (κ1) is 24.0. The van der Waals surface area contributed by atoms with Crippen molar-refractivity contribution in [2.75, 3.05) is 19.0 Å². The number of nitrogens with one attached hydrogen (secondary N) is 1. The number of alkyl halides is 3. The van der Waals surface area contributed by atoms with Crippen molar-refractivity contribution >= 4 is 32.1 Å². The maximum atomic E-state index is 12.1. The minimum absolute atomic E-state index is 0.310. The van der Waals surface area contributed by atoms with Gasteiger partial charge in [0, 0.05) is 4.90 Å². The van der Waals surface area contributed by atoms with E-state index in [0.29, 0.717) is 9.88 Å². The van der Waals surface area contributed by atoms with Crippen molar-refractivity contribution in [1.29, 1.82) is 0 Å². The Labute approximate surface area is 160 Å². The van der Waals surface area contributed by atoms with Crippen LogP contribution >= 0.6 is 11.8 Å². The van der Waals surface area contributed by atoms with E-state index in [2.05, 4.69) is 11.1 Å². The Morgan fingerprint density at radius 1 is 1.04 bits per heavy atom. The van der Waals surface area contributed by atoms with E-state index < -0.39 is 32.4 Å². The van der Waals surface area contributed by atoms with E-state index in [1.807, 2.05) is 12.1 Å². The van der Waals surface area contributed by atoms with Gasteiger partial charge < -0.3 is 4.74 Å². The largest absolute Gasteiger partial charge is 0.512 e. The molecule has 0 saturated heterocycles. The van der Waals surface area contributed by atoms with Gasteiger partial charge >= 0.3 is 25.8 Å². The lowest BCUT2D eigenvalue weighted by Crippen LogP contribution is -2.41. The van der Waals surface area contributed by atoms with Crippen LogP contribution in [0.1, 0.15) is 26.2 Å². The molecule has 1 rings (SSSR count). The van der Waals surface area contributed by atoms with Crippen LogP contribution < -0.4 is 8.86 Å². The molecule has 0 unspecified atom stereocenters. The van der Waals surface area contributed by atoms with Gasteiger partial charge in [0.25, 0.3) is 0 Å². The van der Waals surface area contributed by atoms with Gasteiger partial charge in [-0.1, -0.05) is 23.9 Å². The molecule has 0 atom stereocenters. The van der Waals surface area contributed by atoms with E-state index in [9.17, 15) is 30.0 Å². The van der Waals surface area contributed by atoms with E-state index >= 15 is 0 Å². The van der Waals surface area contributed by atoms with Gasteiger partial charge in [-0.15, -0.1) is 11.8 Å². The lowest BCUT2D eigenvalue weighted by atomic mass is 10.3. The molecule has 0 aliphatic rings. The predicted molar refractivity (Wildman–Crippen MR) is 95.2 cm³/mol. The fourth-order valence-corrected chi connectivity index (χ4v) is 4.53. The van der Waals surface area contributed by atoms with Crippen molar-refractivity contribution < 1.29 is 38.9 Å². The maximum absolute atomic E-state index is 12.1. The third-order valence-electron chi connectivity index (χ3n) is 2.95. The number of sulfonamides is 1. The second-order valence-electron chi connectivity index (χ2n) is 5.18. The first-order valence-electron chi connectivity index (χ1n) is 7.82. The lowest BCUT2D eigenvalue weighted by Gasteiger charge is -2.11. The minimum atomic E-state index is -6.07. The van der Waals surface area contributed by atoms with Crippen LogP contribution in [0.2, 0.25) is 0 Å². The molecule has 0 spiro atoms. The number of hydrogen-bond acceptors (Lipinski definition) is 7. The van der Waals surface area contributed by atoms with Crippen LogP contribution in [0, 0.1) is 0 Å². The average molecular weight is 452 g/mol. The number of rotatable bonds is 12. The van der Waals surface area contributed by atoms with Crippen molar-refractivity contribution in [3.63, 3.8) is 0 Å². The summed E-state index contributed by atoms with van der Waals surface area (Å²) < 4.78 is 90.1. The van der Waals surface area contributed by atoms with Gasteiger partial charge in [-0.25, -0.2) is 8.42 Å². The molecular weight excluding hydrogens is 431 g/mol. The third kappa shape index (κ3) is 9.14. The zero-order chi connectivity index (χ0) is 20.6. The van der Waals surface area contributed by atoms with Gasteiger partial charge in [0.05, 0.1) is 0 Å². The Morgan fingerprint density at radius 2 is 1.67 bits per heavy atom. The second kappa shape index (κ2) is 10.5. The molecule has 0 bridgehead atoms. The summed E-state index contributed by atoms with van der Waals surface area (Å²) in [5.74, 6) is 1.40.